The number of aliphatic hydroxyl groups excluding tert-OH is 1. The van der Waals surface area contributed by atoms with Gasteiger partial charge in [0.25, 0.3) is 5.89 Å². The quantitative estimate of drug-likeness (QED) is 0.781. The zero-order chi connectivity index (χ0) is 14.2. The van der Waals surface area contributed by atoms with Gasteiger partial charge in [-0.25, -0.2) is 0 Å². The zero-order valence-corrected chi connectivity index (χ0v) is 11.5. The normalized spacial score (nSPS) is 11.2. The first-order valence-corrected chi connectivity index (χ1v) is 6.53. The predicted octanol–water partition coefficient (Wildman–Crippen LogP) is 1.18. The molecule has 2 aromatic rings. The van der Waals surface area contributed by atoms with Crippen LogP contribution in [0, 0.1) is 0 Å². The van der Waals surface area contributed by atoms with Gasteiger partial charge in [-0.2, -0.15) is 4.98 Å². The molecule has 0 fully saturated rings. The third-order valence-corrected chi connectivity index (χ3v) is 2.88. The van der Waals surface area contributed by atoms with E-state index in [0.29, 0.717) is 38.0 Å². The second-order valence-corrected chi connectivity index (χ2v) is 4.37. The lowest BCUT2D eigenvalue weighted by molar-refractivity contribution is 0.124. The van der Waals surface area contributed by atoms with Crippen molar-refractivity contribution in [3.63, 3.8) is 0 Å². The molecule has 0 aliphatic rings. The number of aliphatic hydroxyl groups is 1. The van der Waals surface area contributed by atoms with E-state index >= 15 is 0 Å². The van der Waals surface area contributed by atoms with Gasteiger partial charge >= 0.3 is 0 Å². The topological polar surface area (TPSA) is 71.6 Å². The predicted molar refractivity (Wildman–Crippen MR) is 74.0 cm³/mol. The Morgan fingerprint density at radius 1 is 1.25 bits per heavy atom. The van der Waals surface area contributed by atoms with Crippen LogP contribution >= 0.6 is 0 Å². The highest BCUT2D eigenvalue weighted by atomic mass is 16.5. The van der Waals surface area contributed by atoms with Crippen molar-refractivity contribution in [2.24, 2.45) is 0 Å². The summed E-state index contributed by atoms with van der Waals surface area (Å²) in [4.78, 5) is 6.39. The highest BCUT2D eigenvalue weighted by Gasteiger charge is 2.12. The minimum Gasteiger partial charge on any atom is -0.395 e. The first-order chi connectivity index (χ1) is 9.83. The van der Waals surface area contributed by atoms with E-state index in [1.54, 1.807) is 7.11 Å². The van der Waals surface area contributed by atoms with Crippen molar-refractivity contribution in [1.82, 2.24) is 15.0 Å². The van der Waals surface area contributed by atoms with Gasteiger partial charge in [-0.3, -0.25) is 4.90 Å². The molecular weight excluding hydrogens is 258 g/mol. The Morgan fingerprint density at radius 2 is 2.05 bits per heavy atom. The van der Waals surface area contributed by atoms with E-state index in [1.165, 1.54) is 0 Å². The fourth-order valence-corrected chi connectivity index (χ4v) is 1.85. The summed E-state index contributed by atoms with van der Waals surface area (Å²) in [6, 6.07) is 9.64. The molecule has 0 atom stereocenters. The lowest BCUT2D eigenvalue weighted by atomic mass is 10.2. The zero-order valence-electron chi connectivity index (χ0n) is 11.5. The van der Waals surface area contributed by atoms with Crippen LogP contribution in [-0.2, 0) is 11.3 Å². The van der Waals surface area contributed by atoms with E-state index in [-0.39, 0.29) is 6.61 Å². The van der Waals surface area contributed by atoms with Crippen LogP contribution in [0.4, 0.5) is 0 Å². The number of benzene rings is 1. The van der Waals surface area contributed by atoms with E-state index in [4.69, 9.17) is 14.4 Å². The molecule has 20 heavy (non-hydrogen) atoms. The van der Waals surface area contributed by atoms with Gasteiger partial charge in [0.1, 0.15) is 0 Å². The van der Waals surface area contributed by atoms with E-state index < -0.39 is 0 Å². The molecule has 6 heteroatoms. The van der Waals surface area contributed by atoms with Gasteiger partial charge in [-0.05, 0) is 12.1 Å². The van der Waals surface area contributed by atoms with E-state index in [0.717, 1.165) is 5.56 Å². The first-order valence-electron chi connectivity index (χ1n) is 6.53. The van der Waals surface area contributed by atoms with Crippen LogP contribution in [0.5, 0.6) is 0 Å². The molecule has 2 rings (SSSR count). The van der Waals surface area contributed by atoms with Gasteiger partial charge in [0, 0.05) is 25.8 Å². The number of hydrogen-bond donors (Lipinski definition) is 1. The fourth-order valence-electron chi connectivity index (χ4n) is 1.85. The summed E-state index contributed by atoms with van der Waals surface area (Å²) in [6.45, 7) is 2.49. The lowest BCUT2D eigenvalue weighted by Crippen LogP contribution is -2.30. The minimum absolute atomic E-state index is 0.0904. The molecule has 1 aromatic heterocycles. The monoisotopic (exact) mass is 277 g/mol. The summed E-state index contributed by atoms with van der Waals surface area (Å²) in [5.74, 6) is 1.12. The van der Waals surface area contributed by atoms with Crippen LogP contribution in [0.2, 0.25) is 0 Å². The molecule has 108 valence electrons. The van der Waals surface area contributed by atoms with Crippen molar-refractivity contribution >= 4 is 0 Å². The van der Waals surface area contributed by atoms with E-state index in [1.807, 2.05) is 35.2 Å². The summed E-state index contributed by atoms with van der Waals surface area (Å²) in [7, 11) is 1.65. The summed E-state index contributed by atoms with van der Waals surface area (Å²) in [5, 5.41) is 13.0. The maximum absolute atomic E-state index is 9.05. The molecule has 0 saturated carbocycles. The maximum Gasteiger partial charge on any atom is 0.257 e. The molecule has 1 aromatic carbocycles. The fraction of sp³-hybridized carbons (Fsp3) is 0.429. The Kier molecular flexibility index (Phi) is 5.67. The molecular formula is C14H19N3O3. The molecule has 0 radical (unpaired) electrons. The largest absolute Gasteiger partial charge is 0.395 e. The molecule has 0 spiro atoms. The number of aromatic nitrogens is 2. The van der Waals surface area contributed by atoms with Gasteiger partial charge in [0.2, 0.25) is 0 Å². The first kappa shape index (κ1) is 14.6. The molecule has 0 aliphatic heterocycles. The molecule has 6 nitrogen and oxygen atoms in total. The molecule has 0 bridgehead atoms. The van der Waals surface area contributed by atoms with Gasteiger partial charge < -0.3 is 14.4 Å². The average Bonchev–Trinajstić information content (AvgIpc) is 2.94. The molecule has 1 heterocycles. The lowest BCUT2D eigenvalue weighted by Gasteiger charge is -2.18. The minimum atomic E-state index is 0.0904. The van der Waals surface area contributed by atoms with E-state index in [9.17, 15) is 0 Å². The van der Waals surface area contributed by atoms with Crippen molar-refractivity contribution < 1.29 is 14.4 Å². The number of methoxy groups -OCH3 is 1. The van der Waals surface area contributed by atoms with Crippen LogP contribution < -0.4 is 0 Å². The van der Waals surface area contributed by atoms with Crippen LogP contribution in [0.1, 0.15) is 5.82 Å². The molecule has 0 aliphatic carbocycles. The van der Waals surface area contributed by atoms with Crippen molar-refractivity contribution in [3.05, 3.63) is 36.2 Å². The average molecular weight is 277 g/mol. The second kappa shape index (κ2) is 7.74. The standard InChI is InChI=1S/C14H19N3O3/c1-19-10-8-17(7-9-18)11-13-15-14(20-16-13)12-5-3-2-4-6-12/h2-6,18H,7-11H2,1H3. The molecule has 0 saturated heterocycles. The Hall–Kier alpha value is -1.76. The smallest absolute Gasteiger partial charge is 0.257 e. The second-order valence-electron chi connectivity index (χ2n) is 4.37. The maximum atomic E-state index is 9.05. The Labute approximate surface area is 118 Å². The Balaban J connectivity index is 2.00. The summed E-state index contributed by atoms with van der Waals surface area (Å²) >= 11 is 0. The van der Waals surface area contributed by atoms with Crippen molar-refractivity contribution in [2.75, 3.05) is 33.4 Å². The number of rotatable bonds is 8. The molecule has 1 N–H and O–H groups in total. The number of nitrogens with zero attached hydrogens (tertiary/aromatic N) is 3. The third-order valence-electron chi connectivity index (χ3n) is 2.88. The van der Waals surface area contributed by atoms with Crippen LogP contribution in [0.15, 0.2) is 34.9 Å². The van der Waals surface area contributed by atoms with Crippen LogP contribution in [0.3, 0.4) is 0 Å². The van der Waals surface area contributed by atoms with E-state index in [2.05, 4.69) is 10.1 Å². The summed E-state index contributed by atoms with van der Waals surface area (Å²) in [5.41, 5.74) is 0.900. The van der Waals surface area contributed by atoms with Crippen LogP contribution in [0.25, 0.3) is 11.5 Å². The third kappa shape index (κ3) is 4.12. The van der Waals surface area contributed by atoms with Gasteiger partial charge in [-0.15, -0.1) is 0 Å². The van der Waals surface area contributed by atoms with Gasteiger partial charge in [-0.1, -0.05) is 23.4 Å². The highest BCUT2D eigenvalue weighted by Crippen LogP contribution is 2.16. The van der Waals surface area contributed by atoms with Crippen LogP contribution in [-0.4, -0.2) is 53.6 Å². The Bertz CT molecular complexity index is 501. The number of ether oxygens (including phenoxy) is 1. The van der Waals surface area contributed by atoms with Gasteiger partial charge in [0.15, 0.2) is 5.82 Å². The van der Waals surface area contributed by atoms with Crippen molar-refractivity contribution in [3.8, 4) is 11.5 Å². The Morgan fingerprint density at radius 3 is 2.75 bits per heavy atom. The summed E-state index contributed by atoms with van der Waals surface area (Å²) in [6.07, 6.45) is 0. The molecule has 0 amide bonds. The highest BCUT2D eigenvalue weighted by molar-refractivity contribution is 5.51. The molecule has 0 unspecified atom stereocenters. The number of hydrogen-bond acceptors (Lipinski definition) is 6. The van der Waals surface area contributed by atoms with Crippen molar-refractivity contribution in [1.29, 1.82) is 0 Å². The van der Waals surface area contributed by atoms with Gasteiger partial charge in [0.05, 0.1) is 19.8 Å². The SMILES string of the molecule is COCCN(CCO)Cc1noc(-c2ccccc2)n1. The summed E-state index contributed by atoms with van der Waals surface area (Å²) < 4.78 is 10.3. The van der Waals surface area contributed by atoms with Crippen molar-refractivity contribution in [2.45, 2.75) is 6.54 Å².